The summed E-state index contributed by atoms with van der Waals surface area (Å²) < 4.78 is 9.86. The number of methoxy groups -OCH3 is 1. The Bertz CT molecular complexity index is 295. The van der Waals surface area contributed by atoms with Gasteiger partial charge in [0.05, 0.1) is 0 Å². The SMILES string of the molecule is COCNC(=O)CC(C)(C)NC(=O)OC(C)(C)C. The van der Waals surface area contributed by atoms with Crippen molar-refractivity contribution in [1.82, 2.24) is 10.6 Å². The highest BCUT2D eigenvalue weighted by Gasteiger charge is 2.26. The van der Waals surface area contributed by atoms with Crippen molar-refractivity contribution in [3.05, 3.63) is 0 Å². The van der Waals surface area contributed by atoms with Crippen LogP contribution in [0.3, 0.4) is 0 Å². The van der Waals surface area contributed by atoms with Crippen LogP contribution in [0.25, 0.3) is 0 Å². The zero-order valence-electron chi connectivity index (χ0n) is 12.0. The molecule has 0 unspecified atom stereocenters. The van der Waals surface area contributed by atoms with E-state index in [9.17, 15) is 9.59 Å². The van der Waals surface area contributed by atoms with E-state index >= 15 is 0 Å². The lowest BCUT2D eigenvalue weighted by Gasteiger charge is -2.28. The van der Waals surface area contributed by atoms with Gasteiger partial charge in [0.1, 0.15) is 12.3 Å². The van der Waals surface area contributed by atoms with E-state index in [4.69, 9.17) is 9.47 Å². The lowest BCUT2D eigenvalue weighted by molar-refractivity contribution is -0.123. The molecule has 0 radical (unpaired) electrons. The summed E-state index contributed by atoms with van der Waals surface area (Å²) >= 11 is 0. The van der Waals surface area contributed by atoms with Gasteiger partial charge < -0.3 is 20.1 Å². The van der Waals surface area contributed by atoms with Crippen molar-refractivity contribution in [2.75, 3.05) is 13.8 Å². The summed E-state index contributed by atoms with van der Waals surface area (Å²) in [5.41, 5.74) is -1.24. The molecule has 0 aromatic rings. The molecule has 0 aromatic carbocycles. The summed E-state index contributed by atoms with van der Waals surface area (Å²) in [4.78, 5) is 23.1. The Labute approximate surface area is 108 Å². The second-order valence-corrected chi connectivity index (χ2v) is 5.72. The lowest BCUT2D eigenvalue weighted by atomic mass is 10.0. The fraction of sp³-hybridized carbons (Fsp3) is 0.833. The molecule has 0 aliphatic rings. The van der Waals surface area contributed by atoms with Gasteiger partial charge in [-0.05, 0) is 34.6 Å². The molecule has 2 amide bonds. The van der Waals surface area contributed by atoms with Crippen molar-refractivity contribution in [2.24, 2.45) is 0 Å². The van der Waals surface area contributed by atoms with Crippen LogP contribution in [0.4, 0.5) is 4.79 Å². The molecule has 0 aromatic heterocycles. The second-order valence-electron chi connectivity index (χ2n) is 5.72. The molecule has 0 spiro atoms. The number of hydrogen-bond donors (Lipinski definition) is 2. The molecule has 0 saturated carbocycles. The van der Waals surface area contributed by atoms with Gasteiger partial charge in [0, 0.05) is 19.1 Å². The fourth-order valence-corrected chi connectivity index (χ4v) is 1.24. The molecule has 18 heavy (non-hydrogen) atoms. The van der Waals surface area contributed by atoms with Crippen molar-refractivity contribution in [2.45, 2.75) is 52.2 Å². The molecular formula is C12H24N2O4. The van der Waals surface area contributed by atoms with E-state index in [0.717, 1.165) is 0 Å². The molecule has 0 heterocycles. The van der Waals surface area contributed by atoms with E-state index in [-0.39, 0.29) is 19.1 Å². The molecule has 0 bridgehead atoms. The van der Waals surface area contributed by atoms with Crippen molar-refractivity contribution in [3.63, 3.8) is 0 Å². The third-order valence-electron chi connectivity index (χ3n) is 1.86. The molecule has 2 N–H and O–H groups in total. The Morgan fingerprint density at radius 2 is 1.67 bits per heavy atom. The molecular weight excluding hydrogens is 236 g/mol. The third kappa shape index (κ3) is 8.81. The van der Waals surface area contributed by atoms with Crippen LogP contribution in [0.5, 0.6) is 0 Å². The van der Waals surface area contributed by atoms with Crippen molar-refractivity contribution < 1.29 is 19.1 Å². The molecule has 0 aliphatic heterocycles. The summed E-state index contributed by atoms with van der Waals surface area (Å²) in [5, 5.41) is 5.21. The van der Waals surface area contributed by atoms with E-state index in [1.165, 1.54) is 7.11 Å². The minimum absolute atomic E-state index is 0.148. The number of rotatable bonds is 5. The molecule has 6 nitrogen and oxygen atoms in total. The van der Waals surface area contributed by atoms with Crippen LogP contribution in [0, 0.1) is 0 Å². The maximum Gasteiger partial charge on any atom is 0.408 e. The quantitative estimate of drug-likeness (QED) is 0.733. The minimum atomic E-state index is -0.680. The Balaban J connectivity index is 4.21. The smallest absolute Gasteiger partial charge is 0.408 e. The zero-order valence-corrected chi connectivity index (χ0v) is 12.0. The molecule has 0 rings (SSSR count). The van der Waals surface area contributed by atoms with Gasteiger partial charge in [-0.1, -0.05) is 0 Å². The maximum absolute atomic E-state index is 11.6. The Hall–Kier alpha value is -1.30. The van der Waals surface area contributed by atoms with Crippen molar-refractivity contribution in [1.29, 1.82) is 0 Å². The van der Waals surface area contributed by atoms with Crippen LogP contribution in [0.2, 0.25) is 0 Å². The largest absolute Gasteiger partial charge is 0.444 e. The molecule has 0 atom stereocenters. The highest BCUT2D eigenvalue weighted by atomic mass is 16.6. The predicted octanol–water partition coefficient (Wildman–Crippen LogP) is 1.40. The molecule has 0 saturated heterocycles. The summed E-state index contributed by atoms with van der Waals surface area (Å²) in [6.45, 7) is 9.01. The van der Waals surface area contributed by atoms with Gasteiger partial charge in [-0.2, -0.15) is 0 Å². The van der Waals surface area contributed by atoms with Gasteiger partial charge in [-0.25, -0.2) is 4.79 Å². The van der Waals surface area contributed by atoms with Gasteiger partial charge >= 0.3 is 6.09 Å². The minimum Gasteiger partial charge on any atom is -0.444 e. The van der Waals surface area contributed by atoms with Crippen LogP contribution in [-0.4, -0.2) is 37.0 Å². The van der Waals surface area contributed by atoms with E-state index in [2.05, 4.69) is 10.6 Å². The second kappa shape index (κ2) is 6.58. The molecule has 0 aliphatic carbocycles. The van der Waals surface area contributed by atoms with Crippen LogP contribution >= 0.6 is 0 Å². The Morgan fingerprint density at radius 3 is 2.11 bits per heavy atom. The average Bonchev–Trinajstić information content (AvgIpc) is 2.09. The monoisotopic (exact) mass is 260 g/mol. The lowest BCUT2D eigenvalue weighted by Crippen LogP contribution is -2.48. The number of carbonyl (C=O) groups excluding carboxylic acids is 2. The Kier molecular flexibility index (Phi) is 6.11. The third-order valence-corrected chi connectivity index (χ3v) is 1.86. The van der Waals surface area contributed by atoms with Crippen LogP contribution < -0.4 is 10.6 Å². The summed E-state index contributed by atoms with van der Waals surface area (Å²) in [6.07, 6.45) is -0.387. The summed E-state index contributed by atoms with van der Waals surface area (Å²) in [7, 11) is 1.49. The number of amides is 2. The van der Waals surface area contributed by atoms with Gasteiger partial charge in [0.15, 0.2) is 0 Å². The Morgan fingerprint density at radius 1 is 1.11 bits per heavy atom. The normalized spacial score (nSPS) is 11.9. The van der Waals surface area contributed by atoms with Crippen LogP contribution in [-0.2, 0) is 14.3 Å². The number of alkyl carbamates (subject to hydrolysis) is 1. The van der Waals surface area contributed by atoms with Crippen LogP contribution in [0.1, 0.15) is 41.0 Å². The van der Waals surface area contributed by atoms with E-state index < -0.39 is 17.2 Å². The average molecular weight is 260 g/mol. The van der Waals surface area contributed by atoms with Crippen molar-refractivity contribution >= 4 is 12.0 Å². The van der Waals surface area contributed by atoms with E-state index in [0.29, 0.717) is 0 Å². The van der Waals surface area contributed by atoms with Crippen LogP contribution in [0.15, 0.2) is 0 Å². The molecule has 6 heteroatoms. The summed E-state index contributed by atoms with van der Waals surface area (Å²) in [6, 6.07) is 0. The van der Waals surface area contributed by atoms with E-state index in [1.54, 1.807) is 34.6 Å². The summed E-state index contributed by atoms with van der Waals surface area (Å²) in [5.74, 6) is -0.196. The number of ether oxygens (including phenoxy) is 2. The van der Waals surface area contributed by atoms with Crippen molar-refractivity contribution in [3.8, 4) is 0 Å². The fourth-order valence-electron chi connectivity index (χ4n) is 1.24. The van der Waals surface area contributed by atoms with Gasteiger partial charge in [0.2, 0.25) is 5.91 Å². The van der Waals surface area contributed by atoms with Gasteiger partial charge in [0.25, 0.3) is 0 Å². The van der Waals surface area contributed by atoms with E-state index in [1.807, 2.05) is 0 Å². The molecule has 0 fully saturated rings. The number of nitrogens with one attached hydrogen (secondary N) is 2. The first kappa shape index (κ1) is 16.7. The number of carbonyl (C=O) groups is 2. The zero-order chi connectivity index (χ0) is 14.4. The first-order valence-electron chi connectivity index (χ1n) is 5.82. The standard InChI is InChI=1S/C12H24N2O4/c1-11(2,3)18-10(16)14-12(4,5)7-9(15)13-8-17-6/h7-8H2,1-6H3,(H,13,15)(H,14,16). The first-order valence-corrected chi connectivity index (χ1v) is 5.82. The number of hydrogen-bond acceptors (Lipinski definition) is 4. The highest BCUT2D eigenvalue weighted by molar-refractivity contribution is 5.78. The maximum atomic E-state index is 11.6. The van der Waals surface area contributed by atoms with Gasteiger partial charge in [-0.15, -0.1) is 0 Å². The molecule has 106 valence electrons. The highest BCUT2D eigenvalue weighted by Crippen LogP contribution is 2.12. The topological polar surface area (TPSA) is 76.7 Å². The predicted molar refractivity (Wildman–Crippen MR) is 68.1 cm³/mol. The van der Waals surface area contributed by atoms with Gasteiger partial charge in [-0.3, -0.25) is 4.79 Å². The first-order chi connectivity index (χ1) is 8.06.